The summed E-state index contributed by atoms with van der Waals surface area (Å²) in [5.41, 5.74) is 1.17. The van der Waals surface area contributed by atoms with Crippen molar-refractivity contribution in [2.24, 2.45) is 5.92 Å². The Kier molecular flexibility index (Phi) is 5.65. The van der Waals surface area contributed by atoms with E-state index in [1.54, 1.807) is 7.11 Å². The fourth-order valence-electron chi connectivity index (χ4n) is 2.97. The third-order valence-corrected chi connectivity index (χ3v) is 4.80. The van der Waals surface area contributed by atoms with Gasteiger partial charge in [0.15, 0.2) is 0 Å². The highest BCUT2D eigenvalue weighted by Crippen LogP contribution is 2.30. The van der Waals surface area contributed by atoms with Crippen LogP contribution in [-0.4, -0.2) is 24.2 Å². The Morgan fingerprint density at radius 1 is 1.48 bits per heavy atom. The third-order valence-electron chi connectivity index (χ3n) is 4.19. The molecule has 1 aromatic carbocycles. The van der Waals surface area contributed by atoms with Gasteiger partial charge in [-0.15, -0.1) is 0 Å². The van der Waals surface area contributed by atoms with Gasteiger partial charge in [0.2, 0.25) is 0 Å². The zero-order chi connectivity index (χ0) is 15.4. The molecule has 0 saturated heterocycles. The van der Waals surface area contributed by atoms with Crippen molar-refractivity contribution < 1.29 is 14.6 Å². The Morgan fingerprint density at radius 2 is 2.24 bits per heavy atom. The van der Waals surface area contributed by atoms with Gasteiger partial charge in [-0.05, 0) is 59.8 Å². The standard InChI is InChI=1S/C16H22BrNO3/c1-10(11-6-7-15(21-2)14(17)9-11)18-13-5-3-4-12(8-13)16(19)20/h6-7,9-10,12-13,18H,3-5,8H2,1-2H3,(H,19,20). The highest BCUT2D eigenvalue weighted by molar-refractivity contribution is 9.10. The number of aliphatic carboxylic acids is 1. The number of halogens is 1. The van der Waals surface area contributed by atoms with Gasteiger partial charge in [-0.1, -0.05) is 12.5 Å². The minimum Gasteiger partial charge on any atom is -0.496 e. The van der Waals surface area contributed by atoms with Crippen LogP contribution in [0.15, 0.2) is 22.7 Å². The molecule has 3 unspecified atom stereocenters. The fraction of sp³-hybridized carbons (Fsp3) is 0.562. The fourth-order valence-corrected chi connectivity index (χ4v) is 3.53. The van der Waals surface area contributed by atoms with E-state index in [2.05, 4.69) is 28.2 Å². The topological polar surface area (TPSA) is 58.6 Å². The van der Waals surface area contributed by atoms with Crippen molar-refractivity contribution in [1.29, 1.82) is 0 Å². The van der Waals surface area contributed by atoms with Crippen LogP contribution in [0.25, 0.3) is 0 Å². The Labute approximate surface area is 134 Å². The second kappa shape index (κ2) is 7.27. The zero-order valence-electron chi connectivity index (χ0n) is 12.4. The molecule has 2 rings (SSSR count). The van der Waals surface area contributed by atoms with Gasteiger partial charge in [-0.2, -0.15) is 0 Å². The molecule has 3 atom stereocenters. The quantitative estimate of drug-likeness (QED) is 0.844. The van der Waals surface area contributed by atoms with E-state index in [4.69, 9.17) is 9.84 Å². The Morgan fingerprint density at radius 3 is 2.86 bits per heavy atom. The summed E-state index contributed by atoms with van der Waals surface area (Å²) in [7, 11) is 1.65. The molecule has 0 bridgehead atoms. The normalized spacial score (nSPS) is 23.6. The highest BCUT2D eigenvalue weighted by atomic mass is 79.9. The molecule has 1 saturated carbocycles. The molecular weight excluding hydrogens is 334 g/mol. The minimum atomic E-state index is -0.665. The molecule has 0 aromatic heterocycles. The molecule has 116 valence electrons. The van der Waals surface area contributed by atoms with Gasteiger partial charge in [0.05, 0.1) is 17.5 Å². The molecule has 0 amide bonds. The predicted octanol–water partition coefficient (Wildman–Crippen LogP) is 3.75. The monoisotopic (exact) mass is 355 g/mol. The van der Waals surface area contributed by atoms with Crippen molar-refractivity contribution in [3.8, 4) is 5.75 Å². The first-order valence-electron chi connectivity index (χ1n) is 7.33. The number of hydrogen-bond acceptors (Lipinski definition) is 3. The number of hydrogen-bond donors (Lipinski definition) is 2. The molecule has 1 aliphatic carbocycles. The van der Waals surface area contributed by atoms with Crippen LogP contribution in [0.1, 0.15) is 44.2 Å². The predicted molar refractivity (Wildman–Crippen MR) is 85.6 cm³/mol. The van der Waals surface area contributed by atoms with Crippen molar-refractivity contribution in [2.45, 2.75) is 44.7 Å². The molecule has 0 spiro atoms. The van der Waals surface area contributed by atoms with Crippen molar-refractivity contribution >= 4 is 21.9 Å². The van der Waals surface area contributed by atoms with E-state index < -0.39 is 5.97 Å². The SMILES string of the molecule is COc1ccc(C(C)NC2CCCC(C(=O)O)C2)cc1Br. The van der Waals surface area contributed by atoms with E-state index >= 15 is 0 Å². The lowest BCUT2D eigenvalue weighted by molar-refractivity contribution is -0.143. The van der Waals surface area contributed by atoms with Gasteiger partial charge in [-0.3, -0.25) is 4.79 Å². The lowest BCUT2D eigenvalue weighted by Gasteiger charge is -2.30. The first-order chi connectivity index (χ1) is 10.0. The van der Waals surface area contributed by atoms with Crippen LogP contribution in [-0.2, 0) is 4.79 Å². The van der Waals surface area contributed by atoms with Crippen molar-refractivity contribution in [1.82, 2.24) is 5.32 Å². The molecule has 1 aliphatic rings. The van der Waals surface area contributed by atoms with E-state index in [0.717, 1.165) is 35.9 Å². The summed E-state index contributed by atoms with van der Waals surface area (Å²) in [6, 6.07) is 6.49. The van der Waals surface area contributed by atoms with Crippen molar-refractivity contribution in [3.05, 3.63) is 28.2 Å². The summed E-state index contributed by atoms with van der Waals surface area (Å²) in [4.78, 5) is 11.1. The number of methoxy groups -OCH3 is 1. The average molecular weight is 356 g/mol. The van der Waals surface area contributed by atoms with Crippen LogP contribution >= 0.6 is 15.9 Å². The van der Waals surface area contributed by atoms with Gasteiger partial charge >= 0.3 is 5.97 Å². The summed E-state index contributed by atoms with van der Waals surface area (Å²) in [5, 5.41) is 12.7. The summed E-state index contributed by atoms with van der Waals surface area (Å²) in [6.07, 6.45) is 3.55. The van der Waals surface area contributed by atoms with Crippen LogP contribution in [0.2, 0.25) is 0 Å². The molecular formula is C16H22BrNO3. The van der Waals surface area contributed by atoms with Gasteiger partial charge in [0, 0.05) is 12.1 Å². The molecule has 1 aromatic rings. The molecule has 4 nitrogen and oxygen atoms in total. The minimum absolute atomic E-state index is 0.185. The molecule has 0 radical (unpaired) electrons. The smallest absolute Gasteiger partial charge is 0.306 e. The first-order valence-corrected chi connectivity index (χ1v) is 8.13. The van der Waals surface area contributed by atoms with Crippen molar-refractivity contribution in [3.63, 3.8) is 0 Å². The van der Waals surface area contributed by atoms with Crippen LogP contribution in [0.3, 0.4) is 0 Å². The summed E-state index contributed by atoms with van der Waals surface area (Å²) >= 11 is 3.50. The third kappa shape index (κ3) is 4.20. The number of ether oxygens (including phenoxy) is 1. The number of benzene rings is 1. The molecule has 5 heteroatoms. The van der Waals surface area contributed by atoms with Crippen LogP contribution in [0, 0.1) is 5.92 Å². The van der Waals surface area contributed by atoms with Gasteiger partial charge in [-0.25, -0.2) is 0 Å². The Balaban J connectivity index is 1.99. The first kappa shape index (κ1) is 16.3. The van der Waals surface area contributed by atoms with E-state index in [0.29, 0.717) is 0 Å². The number of nitrogens with one attached hydrogen (secondary N) is 1. The Bertz CT molecular complexity index is 506. The number of carboxylic acid groups (broad SMARTS) is 1. The van der Waals surface area contributed by atoms with Crippen LogP contribution in [0.4, 0.5) is 0 Å². The number of carboxylic acids is 1. The molecule has 21 heavy (non-hydrogen) atoms. The van der Waals surface area contributed by atoms with E-state index in [9.17, 15) is 4.79 Å². The zero-order valence-corrected chi connectivity index (χ0v) is 14.0. The second-order valence-corrected chi connectivity index (χ2v) is 6.54. The summed E-state index contributed by atoms with van der Waals surface area (Å²) in [5.74, 6) is -0.0537. The maximum Gasteiger partial charge on any atom is 0.306 e. The van der Waals surface area contributed by atoms with Crippen LogP contribution < -0.4 is 10.1 Å². The van der Waals surface area contributed by atoms with E-state index in [1.807, 2.05) is 18.2 Å². The molecule has 0 heterocycles. The van der Waals surface area contributed by atoms with E-state index in [1.165, 1.54) is 5.56 Å². The van der Waals surface area contributed by atoms with Crippen molar-refractivity contribution in [2.75, 3.05) is 7.11 Å². The second-order valence-electron chi connectivity index (χ2n) is 5.68. The highest BCUT2D eigenvalue weighted by Gasteiger charge is 2.27. The summed E-state index contributed by atoms with van der Waals surface area (Å²) < 4.78 is 6.17. The lowest BCUT2D eigenvalue weighted by atomic mass is 9.85. The molecule has 2 N–H and O–H groups in total. The maximum absolute atomic E-state index is 11.1. The van der Waals surface area contributed by atoms with Gasteiger partial charge in [0.1, 0.15) is 5.75 Å². The molecule has 1 fully saturated rings. The number of rotatable bonds is 5. The van der Waals surface area contributed by atoms with E-state index in [-0.39, 0.29) is 18.0 Å². The summed E-state index contributed by atoms with van der Waals surface area (Å²) in [6.45, 7) is 2.11. The van der Waals surface area contributed by atoms with Crippen LogP contribution in [0.5, 0.6) is 5.75 Å². The van der Waals surface area contributed by atoms with Gasteiger partial charge in [0.25, 0.3) is 0 Å². The maximum atomic E-state index is 11.1. The van der Waals surface area contributed by atoms with Gasteiger partial charge < -0.3 is 15.2 Å². The lowest BCUT2D eigenvalue weighted by Crippen LogP contribution is -2.37. The average Bonchev–Trinajstić information content (AvgIpc) is 2.47. The largest absolute Gasteiger partial charge is 0.496 e. The molecule has 0 aliphatic heterocycles. The Hall–Kier alpha value is -1.07. The number of carbonyl (C=O) groups is 1.